The quantitative estimate of drug-likeness (QED) is 0.610. The molecule has 3 atom stereocenters. The molecule has 0 aromatic heterocycles. The summed E-state index contributed by atoms with van der Waals surface area (Å²) in [7, 11) is 0. The average Bonchev–Trinajstić information content (AvgIpc) is 2.42. The van der Waals surface area contributed by atoms with Crippen molar-refractivity contribution in [2.75, 3.05) is 0 Å². The minimum atomic E-state index is 0.384. The maximum Gasteiger partial charge on any atom is 0.159 e. The van der Waals surface area contributed by atoms with Gasteiger partial charge in [-0.3, -0.25) is 4.79 Å². The molecule has 0 aliphatic heterocycles. The Labute approximate surface area is 98.6 Å². The number of ketones is 1. The highest BCUT2D eigenvalue weighted by Crippen LogP contribution is 2.44. The SMILES string of the molecule is C=C(C)[C@@H]1CC[C@H](C)[C@@H]2CC(=O)C(C)=C2C1. The van der Waals surface area contributed by atoms with Crippen LogP contribution in [0.15, 0.2) is 23.3 Å². The van der Waals surface area contributed by atoms with Gasteiger partial charge < -0.3 is 0 Å². The van der Waals surface area contributed by atoms with Gasteiger partial charge in [0.25, 0.3) is 0 Å². The Hall–Kier alpha value is -0.850. The van der Waals surface area contributed by atoms with Gasteiger partial charge in [0.2, 0.25) is 0 Å². The van der Waals surface area contributed by atoms with Gasteiger partial charge in [-0.1, -0.05) is 24.6 Å². The summed E-state index contributed by atoms with van der Waals surface area (Å²) in [6, 6.07) is 0. The van der Waals surface area contributed by atoms with Gasteiger partial charge in [0.05, 0.1) is 0 Å². The van der Waals surface area contributed by atoms with Crippen LogP contribution in [0, 0.1) is 17.8 Å². The van der Waals surface area contributed by atoms with Crippen molar-refractivity contribution in [3.8, 4) is 0 Å². The fraction of sp³-hybridized carbons (Fsp3) is 0.667. The molecule has 0 aromatic rings. The Morgan fingerprint density at radius 3 is 2.62 bits per heavy atom. The summed E-state index contributed by atoms with van der Waals surface area (Å²) < 4.78 is 0. The van der Waals surface area contributed by atoms with E-state index < -0.39 is 0 Å². The Morgan fingerprint density at radius 2 is 2.00 bits per heavy atom. The van der Waals surface area contributed by atoms with Crippen LogP contribution >= 0.6 is 0 Å². The number of hydrogen-bond acceptors (Lipinski definition) is 1. The van der Waals surface area contributed by atoms with E-state index in [9.17, 15) is 4.79 Å². The van der Waals surface area contributed by atoms with E-state index in [-0.39, 0.29) is 0 Å². The number of rotatable bonds is 1. The maximum absolute atomic E-state index is 11.8. The lowest BCUT2D eigenvalue weighted by Gasteiger charge is -2.18. The topological polar surface area (TPSA) is 17.1 Å². The third-order valence-electron chi connectivity index (χ3n) is 4.57. The normalized spacial score (nSPS) is 34.9. The highest BCUT2D eigenvalue weighted by molar-refractivity contribution is 5.98. The Bertz CT molecular complexity index is 362. The molecule has 2 aliphatic rings. The van der Waals surface area contributed by atoms with E-state index in [2.05, 4.69) is 20.4 Å². The summed E-state index contributed by atoms with van der Waals surface area (Å²) in [5, 5.41) is 0. The maximum atomic E-state index is 11.8. The first-order valence-corrected chi connectivity index (χ1v) is 6.39. The summed E-state index contributed by atoms with van der Waals surface area (Å²) in [6.45, 7) is 10.5. The van der Waals surface area contributed by atoms with Crippen molar-refractivity contribution in [3.63, 3.8) is 0 Å². The highest BCUT2D eigenvalue weighted by Gasteiger charge is 2.36. The van der Waals surface area contributed by atoms with Gasteiger partial charge in [-0.05, 0) is 56.4 Å². The molecule has 0 aromatic carbocycles. The van der Waals surface area contributed by atoms with Crippen molar-refractivity contribution in [2.45, 2.75) is 46.5 Å². The molecule has 1 fully saturated rings. The van der Waals surface area contributed by atoms with Crippen molar-refractivity contribution >= 4 is 5.78 Å². The number of carbonyl (C=O) groups excluding carboxylic acids is 1. The van der Waals surface area contributed by atoms with Crippen molar-refractivity contribution in [2.24, 2.45) is 17.8 Å². The van der Waals surface area contributed by atoms with Crippen LogP contribution in [-0.2, 0) is 4.79 Å². The molecule has 1 saturated carbocycles. The van der Waals surface area contributed by atoms with E-state index in [1.165, 1.54) is 24.0 Å². The number of carbonyl (C=O) groups is 1. The van der Waals surface area contributed by atoms with E-state index in [0.29, 0.717) is 23.5 Å². The van der Waals surface area contributed by atoms with Gasteiger partial charge in [0, 0.05) is 6.42 Å². The predicted molar refractivity (Wildman–Crippen MR) is 67.1 cm³/mol. The second kappa shape index (κ2) is 4.20. The summed E-state index contributed by atoms with van der Waals surface area (Å²) >= 11 is 0. The lowest BCUT2D eigenvalue weighted by Crippen LogP contribution is -2.09. The van der Waals surface area contributed by atoms with Crippen LogP contribution in [-0.4, -0.2) is 5.78 Å². The van der Waals surface area contributed by atoms with E-state index in [1.54, 1.807) is 0 Å². The lowest BCUT2D eigenvalue weighted by atomic mass is 9.86. The molecule has 16 heavy (non-hydrogen) atoms. The van der Waals surface area contributed by atoms with Gasteiger partial charge in [-0.2, -0.15) is 0 Å². The molecule has 0 N–H and O–H groups in total. The van der Waals surface area contributed by atoms with Crippen LogP contribution in [0.2, 0.25) is 0 Å². The zero-order valence-electron chi connectivity index (χ0n) is 10.7. The zero-order valence-corrected chi connectivity index (χ0v) is 10.7. The summed E-state index contributed by atoms with van der Waals surface area (Å²) in [5.41, 5.74) is 3.79. The summed E-state index contributed by atoms with van der Waals surface area (Å²) in [5.74, 6) is 2.19. The minimum Gasteiger partial charge on any atom is -0.295 e. The first-order valence-electron chi connectivity index (χ1n) is 6.39. The van der Waals surface area contributed by atoms with Gasteiger partial charge >= 0.3 is 0 Å². The fourth-order valence-electron chi connectivity index (χ4n) is 3.24. The van der Waals surface area contributed by atoms with Gasteiger partial charge in [0.1, 0.15) is 0 Å². The number of hydrogen-bond donors (Lipinski definition) is 0. The van der Waals surface area contributed by atoms with Crippen molar-refractivity contribution < 1.29 is 4.79 Å². The molecule has 2 rings (SSSR count). The van der Waals surface area contributed by atoms with Crippen molar-refractivity contribution in [3.05, 3.63) is 23.3 Å². The molecule has 2 aliphatic carbocycles. The molecule has 0 spiro atoms. The largest absolute Gasteiger partial charge is 0.295 e. The second-order valence-corrected chi connectivity index (χ2v) is 5.69. The summed E-state index contributed by atoms with van der Waals surface area (Å²) in [6.07, 6.45) is 4.34. The first kappa shape index (κ1) is 11.6. The molecule has 0 saturated heterocycles. The molecule has 88 valence electrons. The highest BCUT2D eigenvalue weighted by atomic mass is 16.1. The van der Waals surface area contributed by atoms with Gasteiger partial charge in [0.15, 0.2) is 5.78 Å². The molecule has 0 amide bonds. The third-order valence-corrected chi connectivity index (χ3v) is 4.57. The van der Waals surface area contributed by atoms with Crippen LogP contribution in [0.1, 0.15) is 46.5 Å². The van der Waals surface area contributed by atoms with Crippen LogP contribution in [0.5, 0.6) is 0 Å². The smallest absolute Gasteiger partial charge is 0.159 e. The molecule has 1 nitrogen and oxygen atoms in total. The van der Waals surface area contributed by atoms with Crippen LogP contribution in [0.4, 0.5) is 0 Å². The minimum absolute atomic E-state index is 0.384. The molecule has 0 heterocycles. The van der Waals surface area contributed by atoms with Crippen LogP contribution in [0.3, 0.4) is 0 Å². The molecular formula is C15H22O. The van der Waals surface area contributed by atoms with Crippen LogP contribution < -0.4 is 0 Å². The van der Waals surface area contributed by atoms with Crippen LogP contribution in [0.25, 0.3) is 0 Å². The van der Waals surface area contributed by atoms with Crippen molar-refractivity contribution in [1.29, 1.82) is 0 Å². The third kappa shape index (κ3) is 1.88. The Kier molecular flexibility index (Phi) is 3.05. The number of Topliss-reactive ketones (excluding diaryl/α,β-unsaturated/α-hetero) is 1. The molecule has 0 radical (unpaired) electrons. The lowest BCUT2D eigenvalue weighted by molar-refractivity contribution is -0.115. The Morgan fingerprint density at radius 1 is 1.31 bits per heavy atom. The van der Waals surface area contributed by atoms with Crippen molar-refractivity contribution in [1.82, 2.24) is 0 Å². The first-order chi connectivity index (χ1) is 7.50. The van der Waals surface area contributed by atoms with E-state index in [1.807, 2.05) is 6.92 Å². The van der Waals surface area contributed by atoms with E-state index in [0.717, 1.165) is 18.4 Å². The van der Waals surface area contributed by atoms with Gasteiger partial charge in [-0.25, -0.2) is 0 Å². The average molecular weight is 218 g/mol. The Balaban J connectivity index is 2.31. The number of fused-ring (bicyclic) bond motifs is 1. The number of allylic oxidation sites excluding steroid dienone is 3. The zero-order chi connectivity index (χ0) is 11.9. The molecule has 0 bridgehead atoms. The molecular weight excluding hydrogens is 196 g/mol. The summed E-state index contributed by atoms with van der Waals surface area (Å²) in [4.78, 5) is 11.8. The van der Waals surface area contributed by atoms with E-state index in [4.69, 9.17) is 0 Å². The van der Waals surface area contributed by atoms with E-state index >= 15 is 0 Å². The monoisotopic (exact) mass is 218 g/mol. The van der Waals surface area contributed by atoms with Gasteiger partial charge in [-0.15, -0.1) is 0 Å². The fourth-order valence-corrected chi connectivity index (χ4v) is 3.24. The standard InChI is InChI=1S/C15H22O/c1-9(2)12-6-5-10(3)13-8-15(16)11(4)14(13)7-12/h10,12-13H,1,5-8H2,2-4H3/t10-,12+,13-/m0/s1. The molecule has 1 heteroatoms. The second-order valence-electron chi connectivity index (χ2n) is 5.69. The predicted octanol–water partition coefficient (Wildman–Crippen LogP) is 3.90. The molecule has 0 unspecified atom stereocenters.